The van der Waals surface area contributed by atoms with Crippen LogP contribution in [0.2, 0.25) is 0 Å². The number of hydrogen-bond acceptors (Lipinski definition) is 8. The Morgan fingerprint density at radius 2 is 1.47 bits per heavy atom. The third-order valence-corrected chi connectivity index (χ3v) is 7.68. The van der Waals surface area contributed by atoms with Crippen LogP contribution in [0.5, 0.6) is 5.75 Å². The zero-order valence-corrected chi connectivity index (χ0v) is 23.4. The van der Waals surface area contributed by atoms with Crippen LogP contribution < -0.4 is 20.2 Å². The molecule has 0 amide bonds. The fourth-order valence-corrected chi connectivity index (χ4v) is 5.38. The molecule has 1 saturated heterocycles. The fourth-order valence-electron chi connectivity index (χ4n) is 5.38. The van der Waals surface area contributed by atoms with Gasteiger partial charge >= 0.3 is 5.69 Å². The first-order valence-electron chi connectivity index (χ1n) is 13.7. The second-order valence-corrected chi connectivity index (χ2v) is 10.4. The fraction of sp³-hybridized carbons (Fsp3) is 0.267. The third-order valence-electron chi connectivity index (χ3n) is 7.68. The number of halogens is 2. The van der Waals surface area contributed by atoms with Gasteiger partial charge in [-0.05, 0) is 54.6 Å². The zero-order chi connectivity index (χ0) is 30.0. The Labute approximate surface area is 245 Å². The molecule has 0 saturated carbocycles. The summed E-state index contributed by atoms with van der Waals surface area (Å²) in [7, 11) is 1.65. The van der Waals surface area contributed by atoms with Gasteiger partial charge < -0.3 is 19.6 Å². The van der Waals surface area contributed by atoms with Crippen molar-refractivity contribution in [2.75, 3.05) is 43.1 Å². The summed E-state index contributed by atoms with van der Waals surface area (Å²) < 4.78 is 37.4. The molecule has 0 spiro atoms. The maximum absolute atomic E-state index is 14.8. The Morgan fingerprint density at radius 1 is 0.837 bits per heavy atom. The third kappa shape index (κ3) is 5.84. The predicted octanol–water partition coefficient (Wildman–Crippen LogP) is 2.83. The molecule has 6 rings (SSSR count). The first-order valence-corrected chi connectivity index (χ1v) is 13.7. The number of nitrogens with zero attached hydrogens (tertiary/aromatic N) is 8. The Morgan fingerprint density at radius 3 is 2.05 bits per heavy atom. The summed E-state index contributed by atoms with van der Waals surface area (Å²) in [6.07, 6.45) is 3.98. The van der Waals surface area contributed by atoms with E-state index in [0.29, 0.717) is 11.8 Å². The van der Waals surface area contributed by atoms with Gasteiger partial charge in [0.15, 0.2) is 0 Å². The largest absolute Gasteiger partial charge is 0.497 e. The van der Waals surface area contributed by atoms with Crippen molar-refractivity contribution in [2.45, 2.75) is 18.7 Å². The number of piperazine rings is 1. The quantitative estimate of drug-likeness (QED) is 0.280. The summed E-state index contributed by atoms with van der Waals surface area (Å²) in [5.41, 5.74) is 0.0780. The van der Waals surface area contributed by atoms with Crippen molar-refractivity contribution in [1.82, 2.24) is 29.1 Å². The maximum Gasteiger partial charge on any atom is 0.350 e. The molecule has 11 nitrogen and oxygen atoms in total. The van der Waals surface area contributed by atoms with Crippen molar-refractivity contribution in [3.63, 3.8) is 0 Å². The van der Waals surface area contributed by atoms with Gasteiger partial charge in [0.05, 0.1) is 25.9 Å². The van der Waals surface area contributed by atoms with Gasteiger partial charge in [0.2, 0.25) is 0 Å². The van der Waals surface area contributed by atoms with Crippen molar-refractivity contribution in [3.8, 4) is 11.4 Å². The molecule has 222 valence electrons. The molecule has 0 radical (unpaired) electrons. The summed E-state index contributed by atoms with van der Waals surface area (Å²) in [5.74, 6) is -0.903. The standard InChI is InChI=1S/C30H30F2N8O3/c1-43-26-9-7-24(8-10-26)37-14-12-36(13-15-37)23-3-5-25(6-4-23)39-21-35-40(29(39)41)18-30(42,17-38-20-33-19-34-38)27-11-2-22(31)16-28(27)32/h2-11,16,19-21,42H,12-15,17-18H2,1H3. The van der Waals surface area contributed by atoms with Crippen LogP contribution >= 0.6 is 0 Å². The molecule has 0 aliphatic carbocycles. The van der Waals surface area contributed by atoms with Gasteiger partial charge in [-0.3, -0.25) is 0 Å². The van der Waals surface area contributed by atoms with Crippen molar-refractivity contribution in [1.29, 1.82) is 0 Å². The van der Waals surface area contributed by atoms with E-state index < -0.39 is 29.5 Å². The number of ether oxygens (including phenoxy) is 1. The van der Waals surface area contributed by atoms with Crippen LogP contribution in [0.25, 0.3) is 5.69 Å². The summed E-state index contributed by atoms with van der Waals surface area (Å²) in [6.45, 7) is 2.77. The number of aliphatic hydroxyl groups is 1. The molecular weight excluding hydrogens is 558 g/mol. The van der Waals surface area contributed by atoms with Crippen LogP contribution in [0.1, 0.15) is 5.56 Å². The monoisotopic (exact) mass is 588 g/mol. The maximum atomic E-state index is 14.8. The summed E-state index contributed by atoms with van der Waals surface area (Å²) >= 11 is 0. The Balaban J connectivity index is 1.17. The van der Waals surface area contributed by atoms with E-state index in [0.717, 1.165) is 60.1 Å². The topological polar surface area (TPSA) is 106 Å². The van der Waals surface area contributed by atoms with Crippen LogP contribution in [0.4, 0.5) is 20.2 Å². The van der Waals surface area contributed by atoms with E-state index in [1.54, 1.807) is 7.11 Å². The average Bonchev–Trinajstić information content (AvgIpc) is 3.66. The molecule has 1 aliphatic rings. The van der Waals surface area contributed by atoms with Crippen LogP contribution in [0.15, 0.2) is 90.5 Å². The number of anilines is 2. The molecule has 3 heterocycles. The van der Waals surface area contributed by atoms with Gasteiger partial charge in [-0.2, -0.15) is 10.2 Å². The van der Waals surface area contributed by atoms with Crippen molar-refractivity contribution in [2.24, 2.45) is 0 Å². The van der Waals surface area contributed by atoms with E-state index in [-0.39, 0.29) is 12.1 Å². The Bertz CT molecular complexity index is 1730. The lowest BCUT2D eigenvalue weighted by Crippen LogP contribution is -2.46. The number of rotatable bonds is 9. The average molecular weight is 589 g/mol. The molecule has 1 atom stereocenters. The Kier molecular flexibility index (Phi) is 7.63. The van der Waals surface area contributed by atoms with E-state index in [1.807, 2.05) is 36.4 Å². The molecule has 3 aromatic carbocycles. The highest BCUT2D eigenvalue weighted by atomic mass is 19.1. The van der Waals surface area contributed by atoms with Crippen LogP contribution in [0, 0.1) is 11.6 Å². The normalized spacial score (nSPS) is 15.0. The van der Waals surface area contributed by atoms with E-state index in [2.05, 4.69) is 37.1 Å². The van der Waals surface area contributed by atoms with Crippen molar-refractivity contribution in [3.05, 3.63) is 113 Å². The molecule has 1 N–H and O–H groups in total. The molecule has 5 aromatic rings. The second kappa shape index (κ2) is 11.7. The van der Waals surface area contributed by atoms with Gasteiger partial charge in [0.1, 0.15) is 42.0 Å². The number of aromatic nitrogens is 6. The molecule has 13 heteroatoms. The molecule has 1 aliphatic heterocycles. The summed E-state index contributed by atoms with van der Waals surface area (Å²) in [5, 5.41) is 19.8. The second-order valence-electron chi connectivity index (χ2n) is 10.4. The first-order chi connectivity index (χ1) is 20.8. The number of hydrogen-bond donors (Lipinski definition) is 1. The highest BCUT2D eigenvalue weighted by molar-refractivity contribution is 5.54. The van der Waals surface area contributed by atoms with Crippen LogP contribution in [-0.4, -0.2) is 67.5 Å². The molecule has 43 heavy (non-hydrogen) atoms. The highest BCUT2D eigenvalue weighted by Gasteiger charge is 2.35. The van der Waals surface area contributed by atoms with Crippen LogP contribution in [-0.2, 0) is 18.7 Å². The lowest BCUT2D eigenvalue weighted by atomic mass is 9.93. The van der Waals surface area contributed by atoms with Gasteiger partial charge in [-0.25, -0.2) is 32.5 Å². The van der Waals surface area contributed by atoms with Crippen molar-refractivity contribution >= 4 is 11.4 Å². The summed E-state index contributed by atoms with van der Waals surface area (Å²) in [6, 6.07) is 18.5. The number of methoxy groups -OCH3 is 1. The van der Waals surface area contributed by atoms with Gasteiger partial charge in [-0.1, -0.05) is 6.07 Å². The zero-order valence-electron chi connectivity index (χ0n) is 23.4. The molecule has 2 aromatic heterocycles. The SMILES string of the molecule is COc1ccc(N2CCN(c3ccc(-n4cnn(CC(O)(Cn5cncn5)c5ccc(F)cc5F)c4=O)cc3)CC2)cc1. The first kappa shape index (κ1) is 28.1. The van der Waals surface area contributed by atoms with Gasteiger partial charge in [-0.15, -0.1) is 0 Å². The lowest BCUT2D eigenvalue weighted by Gasteiger charge is -2.37. The minimum atomic E-state index is -1.98. The smallest absolute Gasteiger partial charge is 0.350 e. The van der Waals surface area contributed by atoms with E-state index in [9.17, 15) is 18.7 Å². The highest BCUT2D eigenvalue weighted by Crippen LogP contribution is 2.28. The predicted molar refractivity (Wildman–Crippen MR) is 156 cm³/mol. The minimum absolute atomic E-state index is 0.192. The van der Waals surface area contributed by atoms with Gasteiger partial charge in [0.25, 0.3) is 0 Å². The molecular formula is C30H30F2N8O3. The van der Waals surface area contributed by atoms with E-state index in [1.165, 1.54) is 28.2 Å². The minimum Gasteiger partial charge on any atom is -0.497 e. The van der Waals surface area contributed by atoms with Crippen LogP contribution in [0.3, 0.4) is 0 Å². The molecule has 1 fully saturated rings. The summed E-state index contributed by atoms with van der Waals surface area (Å²) in [4.78, 5) is 21.8. The van der Waals surface area contributed by atoms with Gasteiger partial charge in [0, 0.05) is 49.2 Å². The molecule has 1 unspecified atom stereocenters. The van der Waals surface area contributed by atoms with E-state index >= 15 is 0 Å². The lowest BCUT2D eigenvalue weighted by molar-refractivity contribution is -0.00948. The van der Waals surface area contributed by atoms with Crippen molar-refractivity contribution < 1.29 is 18.6 Å². The molecule has 0 bridgehead atoms. The Hall–Kier alpha value is -5.04. The number of benzene rings is 3. The van der Waals surface area contributed by atoms with E-state index in [4.69, 9.17) is 4.74 Å².